The van der Waals surface area contributed by atoms with Gasteiger partial charge in [0.25, 0.3) is 0 Å². The minimum atomic E-state index is -4.59. The number of carbonyl (C=O) groups is 1. The number of hydrogen-bond acceptors (Lipinski definition) is 6. The Morgan fingerprint density at radius 2 is 2.00 bits per heavy atom. The molecule has 138 valence electrons. The van der Waals surface area contributed by atoms with Crippen LogP contribution in [0.4, 0.5) is 28.2 Å². The van der Waals surface area contributed by atoms with Crippen molar-refractivity contribution >= 4 is 18.3 Å². The molecule has 0 bridgehead atoms. The van der Waals surface area contributed by atoms with Crippen LogP contribution >= 0.6 is 0 Å². The third-order valence-electron chi connectivity index (χ3n) is 2.65. The standard InChI is InChI=1S/C15H12F4N4O3/c1-23(2)8-21-12-11(16)7-20-13(22-12)26-14(24)25-10-5-3-4-9(6-10)15(17,18)19/h3-8H,1-2H3. The van der Waals surface area contributed by atoms with E-state index in [1.54, 1.807) is 14.1 Å². The summed E-state index contributed by atoms with van der Waals surface area (Å²) < 4.78 is 60.7. The third kappa shape index (κ3) is 5.40. The Balaban J connectivity index is 2.10. The molecule has 2 rings (SSSR count). The van der Waals surface area contributed by atoms with E-state index >= 15 is 0 Å². The summed E-state index contributed by atoms with van der Waals surface area (Å²) in [5.74, 6) is -1.64. The van der Waals surface area contributed by atoms with Crippen molar-refractivity contribution in [1.29, 1.82) is 0 Å². The van der Waals surface area contributed by atoms with Crippen molar-refractivity contribution in [2.75, 3.05) is 14.1 Å². The summed E-state index contributed by atoms with van der Waals surface area (Å²) in [7, 11) is 3.29. The first-order valence-corrected chi connectivity index (χ1v) is 6.95. The Morgan fingerprint density at radius 3 is 2.65 bits per heavy atom. The van der Waals surface area contributed by atoms with Crippen molar-refractivity contribution in [3.8, 4) is 11.8 Å². The number of benzene rings is 1. The average molecular weight is 372 g/mol. The van der Waals surface area contributed by atoms with E-state index in [9.17, 15) is 22.4 Å². The molecule has 0 saturated heterocycles. The molecule has 0 aliphatic heterocycles. The Labute approximate surface area is 144 Å². The monoisotopic (exact) mass is 372 g/mol. The van der Waals surface area contributed by atoms with Crippen LogP contribution in [0.3, 0.4) is 0 Å². The molecule has 0 unspecified atom stereocenters. The summed E-state index contributed by atoms with van der Waals surface area (Å²) in [4.78, 5) is 23.9. The normalized spacial score (nSPS) is 11.5. The Kier molecular flexibility index (Phi) is 5.70. The largest absolute Gasteiger partial charge is 0.521 e. The van der Waals surface area contributed by atoms with Crippen LogP contribution in [-0.4, -0.2) is 41.5 Å². The second-order valence-electron chi connectivity index (χ2n) is 5.01. The summed E-state index contributed by atoms with van der Waals surface area (Å²) in [5.41, 5.74) is -0.999. The molecular formula is C15H12F4N4O3. The maximum atomic E-state index is 13.5. The van der Waals surface area contributed by atoms with Crippen LogP contribution in [0.25, 0.3) is 0 Å². The minimum absolute atomic E-state index is 0.391. The highest BCUT2D eigenvalue weighted by Crippen LogP contribution is 2.31. The van der Waals surface area contributed by atoms with Gasteiger partial charge in [0.05, 0.1) is 18.1 Å². The predicted octanol–water partition coefficient (Wildman–Crippen LogP) is 3.43. The second kappa shape index (κ2) is 7.76. The lowest BCUT2D eigenvalue weighted by Gasteiger charge is -2.09. The van der Waals surface area contributed by atoms with E-state index < -0.39 is 41.3 Å². The van der Waals surface area contributed by atoms with Gasteiger partial charge in [-0.2, -0.15) is 18.2 Å². The quantitative estimate of drug-likeness (QED) is 0.269. The first-order valence-electron chi connectivity index (χ1n) is 6.95. The fraction of sp³-hybridized carbons (Fsp3) is 0.200. The van der Waals surface area contributed by atoms with Gasteiger partial charge < -0.3 is 14.4 Å². The number of ether oxygens (including phenoxy) is 2. The van der Waals surface area contributed by atoms with Gasteiger partial charge in [-0.25, -0.2) is 19.2 Å². The van der Waals surface area contributed by atoms with Gasteiger partial charge in [0.2, 0.25) is 0 Å². The molecule has 0 fully saturated rings. The van der Waals surface area contributed by atoms with Crippen LogP contribution in [0.5, 0.6) is 11.8 Å². The first-order chi connectivity index (χ1) is 12.1. The molecule has 1 heterocycles. The van der Waals surface area contributed by atoms with Crippen molar-refractivity contribution in [2.24, 2.45) is 4.99 Å². The molecule has 0 saturated carbocycles. The number of alkyl halides is 3. The van der Waals surface area contributed by atoms with Gasteiger partial charge in [-0.05, 0) is 18.2 Å². The van der Waals surface area contributed by atoms with E-state index in [1.165, 1.54) is 11.2 Å². The van der Waals surface area contributed by atoms with Gasteiger partial charge in [0.1, 0.15) is 5.75 Å². The molecule has 7 nitrogen and oxygen atoms in total. The van der Waals surface area contributed by atoms with Crippen molar-refractivity contribution in [1.82, 2.24) is 14.9 Å². The van der Waals surface area contributed by atoms with Crippen molar-refractivity contribution < 1.29 is 31.8 Å². The molecule has 0 aliphatic rings. The molecule has 2 aromatic rings. The highest BCUT2D eigenvalue weighted by atomic mass is 19.4. The van der Waals surface area contributed by atoms with Crippen LogP contribution in [0.15, 0.2) is 35.5 Å². The lowest BCUT2D eigenvalue weighted by molar-refractivity contribution is -0.137. The highest BCUT2D eigenvalue weighted by molar-refractivity contribution is 5.66. The van der Waals surface area contributed by atoms with Gasteiger partial charge in [-0.3, -0.25) is 0 Å². The number of aromatic nitrogens is 2. The zero-order valence-corrected chi connectivity index (χ0v) is 13.5. The zero-order chi connectivity index (χ0) is 19.3. The number of nitrogens with zero attached hydrogens (tertiary/aromatic N) is 4. The summed E-state index contributed by atoms with van der Waals surface area (Å²) >= 11 is 0. The Morgan fingerprint density at radius 1 is 1.27 bits per heavy atom. The number of rotatable bonds is 4. The van der Waals surface area contributed by atoms with E-state index in [1.807, 2.05) is 0 Å². The van der Waals surface area contributed by atoms with E-state index in [0.717, 1.165) is 24.4 Å². The molecule has 0 spiro atoms. The summed E-state index contributed by atoms with van der Waals surface area (Å²) in [5, 5.41) is 0. The van der Waals surface area contributed by atoms with Gasteiger partial charge in [0.15, 0.2) is 11.6 Å². The molecule has 11 heteroatoms. The van der Waals surface area contributed by atoms with Gasteiger partial charge in [0, 0.05) is 14.1 Å². The predicted molar refractivity (Wildman–Crippen MR) is 81.9 cm³/mol. The fourth-order valence-electron chi connectivity index (χ4n) is 1.58. The second-order valence-corrected chi connectivity index (χ2v) is 5.01. The molecule has 0 N–H and O–H groups in total. The molecular weight excluding hydrogens is 360 g/mol. The zero-order valence-electron chi connectivity index (χ0n) is 13.5. The van der Waals surface area contributed by atoms with Gasteiger partial charge >= 0.3 is 18.3 Å². The van der Waals surface area contributed by atoms with Crippen molar-refractivity contribution in [3.05, 3.63) is 41.8 Å². The van der Waals surface area contributed by atoms with E-state index in [4.69, 9.17) is 0 Å². The van der Waals surface area contributed by atoms with Crippen LogP contribution in [0, 0.1) is 5.82 Å². The first kappa shape index (κ1) is 19.1. The molecule has 0 amide bonds. The molecule has 1 aromatic carbocycles. The number of carbonyl (C=O) groups excluding carboxylic acids is 1. The van der Waals surface area contributed by atoms with Gasteiger partial charge in [-0.15, -0.1) is 0 Å². The maximum Gasteiger partial charge on any atom is 0.521 e. The fourth-order valence-corrected chi connectivity index (χ4v) is 1.58. The molecule has 0 radical (unpaired) electrons. The lowest BCUT2D eigenvalue weighted by Crippen LogP contribution is -2.16. The van der Waals surface area contributed by atoms with E-state index in [0.29, 0.717) is 6.07 Å². The minimum Gasteiger partial charge on any atom is -0.395 e. The van der Waals surface area contributed by atoms with Crippen molar-refractivity contribution in [3.63, 3.8) is 0 Å². The molecule has 26 heavy (non-hydrogen) atoms. The topological polar surface area (TPSA) is 76.9 Å². The number of halogens is 4. The summed E-state index contributed by atoms with van der Waals surface area (Å²) in [6.07, 6.45) is -4.00. The number of hydrogen-bond donors (Lipinski definition) is 0. The molecule has 0 atom stereocenters. The summed E-state index contributed by atoms with van der Waals surface area (Å²) in [6, 6.07) is 3.06. The summed E-state index contributed by atoms with van der Waals surface area (Å²) in [6.45, 7) is 0. The van der Waals surface area contributed by atoms with Crippen LogP contribution in [-0.2, 0) is 6.18 Å². The average Bonchev–Trinajstić information content (AvgIpc) is 2.54. The van der Waals surface area contributed by atoms with Gasteiger partial charge in [-0.1, -0.05) is 6.07 Å². The van der Waals surface area contributed by atoms with E-state index in [2.05, 4.69) is 24.4 Å². The smallest absolute Gasteiger partial charge is 0.395 e. The SMILES string of the molecule is CN(C)C=Nc1nc(OC(=O)Oc2cccc(C(F)(F)F)c2)ncc1F. The van der Waals surface area contributed by atoms with Crippen molar-refractivity contribution in [2.45, 2.75) is 6.18 Å². The maximum absolute atomic E-state index is 13.5. The lowest BCUT2D eigenvalue weighted by atomic mass is 10.2. The molecule has 0 aliphatic carbocycles. The molecule has 1 aromatic heterocycles. The Bertz CT molecular complexity index is 825. The van der Waals surface area contributed by atoms with Crippen LogP contribution < -0.4 is 9.47 Å². The number of aliphatic imine (C=N–C) groups is 1. The van der Waals surface area contributed by atoms with Crippen LogP contribution in [0.1, 0.15) is 5.56 Å². The highest BCUT2D eigenvalue weighted by Gasteiger charge is 2.30. The Hall–Kier alpha value is -3.24. The van der Waals surface area contributed by atoms with Crippen LogP contribution in [0.2, 0.25) is 0 Å². The van der Waals surface area contributed by atoms with E-state index in [-0.39, 0.29) is 0 Å². The third-order valence-corrected chi connectivity index (χ3v) is 2.65.